The van der Waals surface area contributed by atoms with Crippen molar-refractivity contribution in [1.29, 1.82) is 0 Å². The number of amides is 1. The second kappa shape index (κ2) is 6.07. The molecule has 0 aromatic heterocycles. The third-order valence-electron chi connectivity index (χ3n) is 2.90. The highest BCUT2D eigenvalue weighted by atomic mass is 35.5. The molecule has 1 heterocycles. The number of carbonyl (C=O) groups excluding carboxylic acids is 1. The van der Waals surface area contributed by atoms with Gasteiger partial charge in [0.2, 0.25) is 0 Å². The Labute approximate surface area is 127 Å². The van der Waals surface area contributed by atoms with Gasteiger partial charge in [-0.05, 0) is 42.9 Å². The molecule has 1 amide bonds. The van der Waals surface area contributed by atoms with Gasteiger partial charge in [-0.1, -0.05) is 11.6 Å². The van der Waals surface area contributed by atoms with E-state index in [1.807, 2.05) is 0 Å². The van der Waals surface area contributed by atoms with Gasteiger partial charge in [-0.15, -0.1) is 0 Å². The minimum Gasteiger partial charge on any atom is -0.359 e. The number of rotatable bonds is 2. The Morgan fingerprint density at radius 3 is 2.50 bits per heavy atom. The summed E-state index contributed by atoms with van der Waals surface area (Å²) in [5.41, 5.74) is 0.428. The summed E-state index contributed by atoms with van der Waals surface area (Å²) in [5, 5.41) is 6.03. The van der Waals surface area contributed by atoms with Gasteiger partial charge in [-0.25, -0.2) is 8.42 Å². The Morgan fingerprint density at radius 2 is 1.95 bits per heavy atom. The molecule has 0 spiro atoms. The number of carbonyl (C=O) groups is 1. The fourth-order valence-corrected chi connectivity index (χ4v) is 3.97. The smallest absolute Gasteiger partial charge is 0.257 e. The predicted molar refractivity (Wildman–Crippen MR) is 81.7 cm³/mol. The molecule has 1 fully saturated rings. The topological polar surface area (TPSA) is 75.3 Å². The summed E-state index contributed by atoms with van der Waals surface area (Å²) in [6, 6.07) is 6.14. The first-order chi connectivity index (χ1) is 9.35. The van der Waals surface area contributed by atoms with Crippen molar-refractivity contribution in [3.05, 3.63) is 34.9 Å². The van der Waals surface area contributed by atoms with E-state index in [9.17, 15) is 13.2 Å². The molecule has 1 aromatic rings. The summed E-state index contributed by atoms with van der Waals surface area (Å²) in [6.45, 7) is 0. The molecule has 2 N–H and O–H groups in total. The SMILES string of the molecule is O=C(NC(=S)NC1CCS(=O)(=O)C1)c1ccc(Cl)cc1. The largest absolute Gasteiger partial charge is 0.359 e. The number of hydrogen-bond donors (Lipinski definition) is 2. The van der Waals surface area contributed by atoms with Crippen LogP contribution in [-0.2, 0) is 9.84 Å². The number of hydrogen-bond acceptors (Lipinski definition) is 4. The molecule has 108 valence electrons. The van der Waals surface area contributed by atoms with E-state index in [4.69, 9.17) is 23.8 Å². The van der Waals surface area contributed by atoms with Crippen LogP contribution in [0.3, 0.4) is 0 Å². The highest BCUT2D eigenvalue weighted by Crippen LogP contribution is 2.11. The first-order valence-electron chi connectivity index (χ1n) is 5.93. The van der Waals surface area contributed by atoms with Crippen LogP contribution in [0.2, 0.25) is 5.02 Å². The predicted octanol–water partition coefficient (Wildman–Crippen LogP) is 1.13. The summed E-state index contributed by atoms with van der Waals surface area (Å²) < 4.78 is 22.6. The molecule has 0 aliphatic carbocycles. The number of thiocarbonyl (C=S) groups is 1. The van der Waals surface area contributed by atoms with Crippen molar-refractivity contribution in [3.63, 3.8) is 0 Å². The number of sulfone groups is 1. The molecule has 2 rings (SSSR count). The standard InChI is InChI=1S/C12H13ClN2O3S2/c13-9-3-1-8(2-4-9)11(16)15-12(19)14-10-5-6-20(17,18)7-10/h1-4,10H,5-7H2,(H2,14,15,16,19). The zero-order valence-corrected chi connectivity index (χ0v) is 12.8. The molecule has 1 aliphatic rings. The van der Waals surface area contributed by atoms with Crippen LogP contribution in [0.4, 0.5) is 0 Å². The maximum absolute atomic E-state index is 11.9. The van der Waals surface area contributed by atoms with E-state index in [0.717, 1.165) is 0 Å². The van der Waals surface area contributed by atoms with Crippen molar-refractivity contribution in [2.24, 2.45) is 0 Å². The summed E-state index contributed by atoms with van der Waals surface area (Å²) in [5.74, 6) is -0.164. The Morgan fingerprint density at radius 1 is 1.30 bits per heavy atom. The first-order valence-corrected chi connectivity index (χ1v) is 8.54. The van der Waals surface area contributed by atoms with Crippen LogP contribution in [0.15, 0.2) is 24.3 Å². The molecule has 1 saturated heterocycles. The monoisotopic (exact) mass is 332 g/mol. The number of nitrogens with one attached hydrogen (secondary N) is 2. The molecular formula is C12H13ClN2O3S2. The molecule has 1 aliphatic heterocycles. The van der Waals surface area contributed by atoms with Crippen LogP contribution < -0.4 is 10.6 Å². The summed E-state index contributed by atoms with van der Waals surface area (Å²) in [7, 11) is -2.98. The zero-order valence-electron chi connectivity index (χ0n) is 10.4. The molecule has 20 heavy (non-hydrogen) atoms. The Hall–Kier alpha value is -1.18. The molecule has 0 radical (unpaired) electrons. The van der Waals surface area contributed by atoms with Gasteiger partial charge in [0.15, 0.2) is 14.9 Å². The maximum atomic E-state index is 11.9. The zero-order chi connectivity index (χ0) is 14.8. The van der Waals surface area contributed by atoms with Crippen molar-refractivity contribution >= 4 is 44.7 Å². The lowest BCUT2D eigenvalue weighted by Crippen LogP contribution is -2.44. The summed E-state index contributed by atoms with van der Waals surface area (Å²) in [4.78, 5) is 11.9. The molecule has 8 heteroatoms. The van der Waals surface area contributed by atoms with Gasteiger partial charge in [0.25, 0.3) is 5.91 Å². The first kappa shape index (κ1) is 15.2. The minimum atomic E-state index is -2.98. The van der Waals surface area contributed by atoms with Crippen molar-refractivity contribution in [1.82, 2.24) is 10.6 Å². The Kier molecular flexibility index (Phi) is 4.62. The van der Waals surface area contributed by atoms with Crippen LogP contribution in [0, 0.1) is 0 Å². The van der Waals surface area contributed by atoms with Crippen LogP contribution in [-0.4, -0.2) is 37.0 Å². The summed E-state index contributed by atoms with van der Waals surface area (Å²) in [6.07, 6.45) is 0.499. The fraction of sp³-hybridized carbons (Fsp3) is 0.333. The van der Waals surface area contributed by atoms with Crippen LogP contribution in [0.5, 0.6) is 0 Å². The lowest BCUT2D eigenvalue weighted by Gasteiger charge is -2.14. The van der Waals surface area contributed by atoms with E-state index < -0.39 is 9.84 Å². The quantitative estimate of drug-likeness (QED) is 0.794. The van der Waals surface area contributed by atoms with E-state index in [1.54, 1.807) is 24.3 Å². The maximum Gasteiger partial charge on any atom is 0.257 e. The molecule has 1 unspecified atom stereocenters. The molecule has 0 bridgehead atoms. The van der Waals surface area contributed by atoms with Gasteiger partial charge in [-0.3, -0.25) is 10.1 Å². The normalized spacial score (nSPS) is 20.4. The molecule has 5 nitrogen and oxygen atoms in total. The summed E-state index contributed by atoms with van der Waals surface area (Å²) >= 11 is 10.7. The highest BCUT2D eigenvalue weighted by Gasteiger charge is 2.28. The fourth-order valence-electron chi connectivity index (χ4n) is 1.91. The van der Waals surface area contributed by atoms with E-state index in [2.05, 4.69) is 10.6 Å². The second-order valence-corrected chi connectivity index (χ2v) is 7.61. The minimum absolute atomic E-state index is 0.0456. The van der Waals surface area contributed by atoms with Gasteiger partial charge in [0.05, 0.1) is 11.5 Å². The third kappa shape index (κ3) is 4.16. The van der Waals surface area contributed by atoms with Crippen molar-refractivity contribution in [2.45, 2.75) is 12.5 Å². The lowest BCUT2D eigenvalue weighted by molar-refractivity contribution is 0.0976. The number of halogens is 1. The van der Waals surface area contributed by atoms with E-state index in [0.29, 0.717) is 17.0 Å². The van der Waals surface area contributed by atoms with Gasteiger partial charge in [0, 0.05) is 16.6 Å². The van der Waals surface area contributed by atoms with Gasteiger partial charge in [-0.2, -0.15) is 0 Å². The van der Waals surface area contributed by atoms with Crippen molar-refractivity contribution in [3.8, 4) is 0 Å². The van der Waals surface area contributed by atoms with Gasteiger partial charge >= 0.3 is 0 Å². The Bertz CT molecular complexity index is 629. The van der Waals surface area contributed by atoms with E-state index >= 15 is 0 Å². The van der Waals surface area contributed by atoms with Crippen molar-refractivity contribution < 1.29 is 13.2 Å². The van der Waals surface area contributed by atoms with Crippen LogP contribution >= 0.6 is 23.8 Å². The average molecular weight is 333 g/mol. The van der Waals surface area contributed by atoms with Crippen molar-refractivity contribution in [2.75, 3.05) is 11.5 Å². The Balaban J connectivity index is 1.88. The average Bonchev–Trinajstić information content (AvgIpc) is 2.69. The van der Waals surface area contributed by atoms with Crippen LogP contribution in [0.25, 0.3) is 0 Å². The molecule has 1 atom stereocenters. The van der Waals surface area contributed by atoms with Gasteiger partial charge < -0.3 is 5.32 Å². The molecule has 1 aromatic carbocycles. The third-order valence-corrected chi connectivity index (χ3v) is 5.14. The highest BCUT2D eigenvalue weighted by molar-refractivity contribution is 7.91. The van der Waals surface area contributed by atoms with Crippen LogP contribution in [0.1, 0.15) is 16.8 Å². The lowest BCUT2D eigenvalue weighted by atomic mass is 10.2. The molecular weight excluding hydrogens is 320 g/mol. The van der Waals surface area contributed by atoms with E-state index in [1.165, 1.54) is 0 Å². The van der Waals surface area contributed by atoms with E-state index in [-0.39, 0.29) is 28.6 Å². The number of benzene rings is 1. The molecule has 0 saturated carbocycles. The second-order valence-electron chi connectivity index (χ2n) is 4.53. The van der Waals surface area contributed by atoms with Gasteiger partial charge in [0.1, 0.15) is 0 Å².